The zero-order chi connectivity index (χ0) is 34.8. The van der Waals surface area contributed by atoms with E-state index in [1.54, 1.807) is 7.11 Å². The highest BCUT2D eigenvalue weighted by atomic mass is 16.5. The number of anilines is 2. The number of benzene rings is 3. The highest BCUT2D eigenvalue weighted by molar-refractivity contribution is 6.00. The number of nitrogens with zero attached hydrogens (tertiary/aromatic N) is 6. The number of para-hydroxylation sites is 1. The van der Waals surface area contributed by atoms with Crippen molar-refractivity contribution in [2.75, 3.05) is 37.4 Å². The van der Waals surface area contributed by atoms with Gasteiger partial charge in [-0.3, -0.25) is 10.2 Å². The fourth-order valence-corrected chi connectivity index (χ4v) is 6.81. The molecule has 3 heterocycles. The van der Waals surface area contributed by atoms with Gasteiger partial charge in [-0.25, -0.2) is 9.48 Å². The first kappa shape index (κ1) is 33.3. The third kappa shape index (κ3) is 6.82. The Morgan fingerprint density at radius 2 is 1.72 bits per heavy atom. The third-order valence-corrected chi connectivity index (χ3v) is 9.64. The van der Waals surface area contributed by atoms with Gasteiger partial charge in [-0.2, -0.15) is 5.10 Å². The van der Waals surface area contributed by atoms with Crippen molar-refractivity contribution >= 4 is 17.5 Å². The van der Waals surface area contributed by atoms with Gasteiger partial charge in [0, 0.05) is 36.8 Å². The molecule has 2 amide bonds. The minimum Gasteiger partial charge on any atom is -0.496 e. The van der Waals surface area contributed by atoms with E-state index in [4.69, 9.17) is 14.6 Å². The predicted molar refractivity (Wildman–Crippen MR) is 196 cm³/mol. The number of aromatic nitrogens is 5. The van der Waals surface area contributed by atoms with Crippen molar-refractivity contribution in [2.24, 2.45) is 0 Å². The Morgan fingerprint density at radius 1 is 0.920 bits per heavy atom. The third-order valence-electron chi connectivity index (χ3n) is 9.64. The zero-order valence-corrected chi connectivity index (χ0v) is 29.6. The van der Waals surface area contributed by atoms with E-state index in [1.165, 1.54) is 11.1 Å². The number of carbonyl (C=O) groups is 1. The van der Waals surface area contributed by atoms with Crippen LogP contribution in [0.4, 0.5) is 16.3 Å². The Labute approximate surface area is 293 Å². The summed E-state index contributed by atoms with van der Waals surface area (Å²) >= 11 is 0. The molecule has 0 radical (unpaired) electrons. The molecule has 2 aromatic heterocycles. The average Bonchev–Trinajstić information content (AvgIpc) is 3.88. The molecule has 11 nitrogen and oxygen atoms in total. The molecule has 0 unspecified atom stereocenters. The number of urea groups is 1. The van der Waals surface area contributed by atoms with Crippen molar-refractivity contribution in [3.05, 3.63) is 94.9 Å². The van der Waals surface area contributed by atoms with Crippen molar-refractivity contribution in [2.45, 2.75) is 71.9 Å². The second-order valence-electron chi connectivity index (χ2n) is 14.0. The molecule has 0 bridgehead atoms. The van der Waals surface area contributed by atoms with Crippen LogP contribution in [0, 0.1) is 0 Å². The molecule has 1 aliphatic carbocycles. The number of amides is 2. The van der Waals surface area contributed by atoms with E-state index in [-0.39, 0.29) is 11.4 Å². The summed E-state index contributed by atoms with van der Waals surface area (Å²) in [7, 11) is 1.68. The van der Waals surface area contributed by atoms with Crippen LogP contribution in [0.5, 0.6) is 11.5 Å². The Balaban J connectivity index is 0.990. The standard InChI is InChI=1S/C39H46N8O3/c1-6-26-14-16-27(17-15-26)47-35(24-34(44-47)39(2,3)4)41-38(48)40-31-18-19-33(29-12-9-11-28(29)31)50-23-22-45-20-21-46-36(25-45)42-43-37(46)30-10-7-8-13-32(30)49-5/h7-8,10,13-19,24H,6,9,11-12,20-23,25H2,1-5H3,(H2,40,41,48). The normalized spacial score (nSPS) is 14.3. The van der Waals surface area contributed by atoms with E-state index in [2.05, 4.69) is 70.1 Å². The fraction of sp³-hybridized carbons (Fsp3) is 0.385. The van der Waals surface area contributed by atoms with E-state index in [0.717, 1.165) is 96.7 Å². The molecular weight excluding hydrogens is 628 g/mol. The van der Waals surface area contributed by atoms with Crippen LogP contribution in [0.2, 0.25) is 0 Å². The highest BCUT2D eigenvalue weighted by Gasteiger charge is 2.26. The second kappa shape index (κ2) is 14.0. The molecule has 0 spiro atoms. The van der Waals surface area contributed by atoms with Gasteiger partial charge in [0.25, 0.3) is 0 Å². The molecule has 3 aromatic carbocycles. The molecule has 11 heteroatoms. The molecule has 2 aliphatic rings. The number of hydrogen-bond donors (Lipinski definition) is 2. The van der Waals surface area contributed by atoms with Crippen LogP contribution in [0.25, 0.3) is 17.1 Å². The number of rotatable bonds is 10. The molecule has 2 N–H and O–H groups in total. The maximum absolute atomic E-state index is 13.4. The Hall–Kier alpha value is -5.16. The molecule has 0 fully saturated rings. The highest BCUT2D eigenvalue weighted by Crippen LogP contribution is 2.36. The van der Waals surface area contributed by atoms with Crippen LogP contribution < -0.4 is 20.1 Å². The molecule has 5 aromatic rings. The summed E-state index contributed by atoms with van der Waals surface area (Å²) in [5, 5.41) is 20.1. The minimum atomic E-state index is -0.300. The number of carbonyl (C=O) groups excluding carboxylic acids is 1. The van der Waals surface area contributed by atoms with E-state index >= 15 is 0 Å². The van der Waals surface area contributed by atoms with Gasteiger partial charge in [-0.15, -0.1) is 10.2 Å². The number of aryl methyl sites for hydroxylation is 1. The molecule has 0 saturated carbocycles. The van der Waals surface area contributed by atoms with Gasteiger partial charge in [0.1, 0.15) is 29.7 Å². The maximum atomic E-state index is 13.4. The largest absolute Gasteiger partial charge is 0.496 e. The van der Waals surface area contributed by atoms with Gasteiger partial charge in [0.05, 0.1) is 30.6 Å². The lowest BCUT2D eigenvalue weighted by molar-refractivity contribution is 0.174. The maximum Gasteiger partial charge on any atom is 0.324 e. The second-order valence-corrected chi connectivity index (χ2v) is 14.0. The first-order valence-corrected chi connectivity index (χ1v) is 17.5. The lowest BCUT2D eigenvalue weighted by Gasteiger charge is -2.28. The SMILES string of the molecule is CCc1ccc(-n2nc(C(C)(C)C)cc2NC(=O)Nc2ccc(OCCN3CCn4c(nnc4-c4ccccc4OC)C3)c3c2CCC3)cc1. The lowest BCUT2D eigenvalue weighted by atomic mass is 9.92. The van der Waals surface area contributed by atoms with Gasteiger partial charge in [-0.1, -0.05) is 52.0 Å². The van der Waals surface area contributed by atoms with E-state index in [1.807, 2.05) is 59.3 Å². The first-order valence-electron chi connectivity index (χ1n) is 17.5. The molecule has 0 atom stereocenters. The van der Waals surface area contributed by atoms with Crippen molar-refractivity contribution in [3.8, 4) is 28.6 Å². The minimum absolute atomic E-state index is 0.174. The van der Waals surface area contributed by atoms with E-state index in [9.17, 15) is 4.79 Å². The van der Waals surface area contributed by atoms with Crippen molar-refractivity contribution in [1.29, 1.82) is 0 Å². The van der Waals surface area contributed by atoms with Crippen LogP contribution in [0.1, 0.15) is 62.3 Å². The van der Waals surface area contributed by atoms with E-state index < -0.39 is 0 Å². The number of nitrogens with one attached hydrogen (secondary N) is 2. The summed E-state index contributed by atoms with van der Waals surface area (Å²) in [5.74, 6) is 4.10. The summed E-state index contributed by atoms with van der Waals surface area (Å²) in [6.07, 6.45) is 3.81. The van der Waals surface area contributed by atoms with Crippen molar-refractivity contribution in [3.63, 3.8) is 0 Å². The predicted octanol–water partition coefficient (Wildman–Crippen LogP) is 7.03. The number of fused-ring (bicyclic) bond motifs is 2. The summed E-state index contributed by atoms with van der Waals surface area (Å²) in [6.45, 7) is 12.2. The van der Waals surface area contributed by atoms with Crippen LogP contribution >= 0.6 is 0 Å². The monoisotopic (exact) mass is 674 g/mol. The zero-order valence-electron chi connectivity index (χ0n) is 29.6. The van der Waals surface area contributed by atoms with Crippen LogP contribution in [-0.2, 0) is 37.8 Å². The van der Waals surface area contributed by atoms with Gasteiger partial charge < -0.3 is 19.4 Å². The van der Waals surface area contributed by atoms with Crippen LogP contribution in [0.3, 0.4) is 0 Å². The lowest BCUT2D eigenvalue weighted by Crippen LogP contribution is -2.36. The molecule has 0 saturated heterocycles. The Bertz CT molecular complexity index is 1990. The topological polar surface area (TPSA) is 111 Å². The van der Waals surface area contributed by atoms with Gasteiger partial charge >= 0.3 is 6.03 Å². The number of methoxy groups -OCH3 is 1. The molecular formula is C39H46N8O3. The fourth-order valence-electron chi connectivity index (χ4n) is 6.81. The first-order chi connectivity index (χ1) is 24.2. The van der Waals surface area contributed by atoms with Crippen molar-refractivity contribution < 1.29 is 14.3 Å². The number of ether oxygens (including phenoxy) is 2. The smallest absolute Gasteiger partial charge is 0.324 e. The molecule has 50 heavy (non-hydrogen) atoms. The van der Waals surface area contributed by atoms with Crippen LogP contribution in [0.15, 0.2) is 66.7 Å². The quantitative estimate of drug-likeness (QED) is 0.164. The van der Waals surface area contributed by atoms with E-state index in [0.29, 0.717) is 19.0 Å². The molecule has 1 aliphatic heterocycles. The average molecular weight is 675 g/mol. The summed E-state index contributed by atoms with van der Waals surface area (Å²) in [6, 6.07) is 21.8. The molecule has 7 rings (SSSR count). The van der Waals surface area contributed by atoms with Crippen molar-refractivity contribution in [1.82, 2.24) is 29.4 Å². The van der Waals surface area contributed by atoms with Gasteiger partial charge in [-0.05, 0) is 78.8 Å². The Kier molecular flexibility index (Phi) is 9.33. The summed E-state index contributed by atoms with van der Waals surface area (Å²) < 4.78 is 15.9. The number of hydrogen-bond acceptors (Lipinski definition) is 7. The molecule has 260 valence electrons. The summed E-state index contributed by atoms with van der Waals surface area (Å²) in [4.78, 5) is 15.8. The van der Waals surface area contributed by atoms with Gasteiger partial charge in [0.2, 0.25) is 0 Å². The summed E-state index contributed by atoms with van der Waals surface area (Å²) in [5.41, 5.74) is 6.98. The Morgan fingerprint density at radius 3 is 2.50 bits per heavy atom. The van der Waals surface area contributed by atoms with Gasteiger partial charge in [0.15, 0.2) is 5.82 Å². The van der Waals surface area contributed by atoms with Crippen LogP contribution in [-0.4, -0.2) is 62.3 Å².